The lowest BCUT2D eigenvalue weighted by Crippen LogP contribution is -2.32. The molecule has 3 amide bonds. The first kappa shape index (κ1) is 22.2. The number of carbonyl (C=O) groups excluding carboxylic acids is 3. The monoisotopic (exact) mass is 463 g/mol. The zero-order valence-electron chi connectivity index (χ0n) is 17.6. The predicted molar refractivity (Wildman–Crippen MR) is 125 cm³/mol. The number of nitrogens with zero attached hydrogens (tertiary/aromatic N) is 1. The van der Waals surface area contributed by atoms with Gasteiger partial charge in [0.25, 0.3) is 11.8 Å². The molecule has 0 fully saturated rings. The molecule has 0 radical (unpaired) electrons. The van der Waals surface area contributed by atoms with Crippen LogP contribution in [0.4, 0.5) is 15.8 Å². The number of hydrogen-bond acceptors (Lipinski definition) is 4. The molecule has 33 heavy (non-hydrogen) atoms. The highest BCUT2D eigenvalue weighted by molar-refractivity contribution is 6.36. The fourth-order valence-corrected chi connectivity index (χ4v) is 3.70. The van der Waals surface area contributed by atoms with E-state index in [0.29, 0.717) is 27.5 Å². The summed E-state index contributed by atoms with van der Waals surface area (Å²) in [5, 5.41) is 6.13. The number of benzene rings is 3. The highest BCUT2D eigenvalue weighted by atomic mass is 35.5. The topological polar surface area (TPSA) is 78.5 Å². The maximum absolute atomic E-state index is 13.5. The average Bonchev–Trinajstić information content (AvgIpc) is 3.01. The number of nitrogens with one attached hydrogen (secondary N) is 2. The molecule has 0 atom stereocenters. The van der Waals surface area contributed by atoms with Crippen molar-refractivity contribution in [2.24, 2.45) is 0 Å². The quantitative estimate of drug-likeness (QED) is 0.513. The number of amides is 3. The van der Waals surface area contributed by atoms with E-state index in [4.69, 9.17) is 11.6 Å². The van der Waals surface area contributed by atoms with E-state index in [1.54, 1.807) is 48.5 Å². The Morgan fingerprint density at radius 3 is 2.18 bits per heavy atom. The zero-order chi connectivity index (χ0) is 23.5. The number of imide groups is 1. The summed E-state index contributed by atoms with van der Waals surface area (Å²) in [7, 11) is 0. The van der Waals surface area contributed by atoms with Crippen molar-refractivity contribution in [3.8, 4) is 0 Å². The van der Waals surface area contributed by atoms with Crippen LogP contribution in [0.1, 0.15) is 18.1 Å². The minimum absolute atomic E-state index is 0.00527. The molecular formula is C25H19ClFN3O3. The van der Waals surface area contributed by atoms with E-state index in [0.717, 1.165) is 4.90 Å². The molecule has 166 valence electrons. The third kappa shape index (κ3) is 4.78. The first-order valence-corrected chi connectivity index (χ1v) is 10.5. The van der Waals surface area contributed by atoms with E-state index in [1.807, 2.05) is 0 Å². The lowest BCUT2D eigenvalue weighted by Gasteiger charge is -2.16. The van der Waals surface area contributed by atoms with E-state index in [9.17, 15) is 18.8 Å². The standard InChI is InChI=1S/C25H19ClFN3O3/c1-15(31)28-19-10-12-20(13-11-19)29-23-22(16-6-8-18(27)9-7-16)24(32)30(25(23)33)14-17-4-2-3-5-21(17)26/h2-13,29H,14H2,1H3,(H,28,31). The van der Waals surface area contributed by atoms with Crippen LogP contribution in [-0.2, 0) is 20.9 Å². The van der Waals surface area contributed by atoms with Gasteiger partial charge in [-0.05, 0) is 53.6 Å². The van der Waals surface area contributed by atoms with Crippen LogP contribution in [0.15, 0.2) is 78.5 Å². The molecule has 1 aliphatic heterocycles. The summed E-state index contributed by atoms with van der Waals surface area (Å²) in [5.74, 6) is -1.69. The number of carbonyl (C=O) groups is 3. The van der Waals surface area contributed by atoms with E-state index in [1.165, 1.54) is 31.2 Å². The summed E-state index contributed by atoms with van der Waals surface area (Å²) in [6, 6.07) is 19.0. The van der Waals surface area contributed by atoms with Crippen LogP contribution in [0.2, 0.25) is 5.02 Å². The molecule has 0 unspecified atom stereocenters. The van der Waals surface area contributed by atoms with Gasteiger partial charge in [-0.25, -0.2) is 4.39 Å². The van der Waals surface area contributed by atoms with Crippen molar-refractivity contribution in [2.75, 3.05) is 10.6 Å². The fraction of sp³-hybridized carbons (Fsp3) is 0.0800. The summed E-state index contributed by atoms with van der Waals surface area (Å²) < 4.78 is 13.5. The molecule has 8 heteroatoms. The zero-order valence-corrected chi connectivity index (χ0v) is 18.3. The second kappa shape index (κ2) is 9.26. The molecule has 0 bridgehead atoms. The third-order valence-corrected chi connectivity index (χ3v) is 5.43. The van der Waals surface area contributed by atoms with Crippen molar-refractivity contribution in [3.05, 3.63) is 100 Å². The van der Waals surface area contributed by atoms with E-state index in [-0.39, 0.29) is 23.7 Å². The van der Waals surface area contributed by atoms with E-state index < -0.39 is 17.6 Å². The molecule has 6 nitrogen and oxygen atoms in total. The number of halogens is 2. The Morgan fingerprint density at radius 1 is 0.909 bits per heavy atom. The Morgan fingerprint density at radius 2 is 1.55 bits per heavy atom. The summed E-state index contributed by atoms with van der Waals surface area (Å²) in [6.45, 7) is 1.40. The van der Waals surface area contributed by atoms with Gasteiger partial charge in [0.15, 0.2) is 0 Å². The molecule has 0 saturated heterocycles. The van der Waals surface area contributed by atoms with E-state index in [2.05, 4.69) is 10.6 Å². The van der Waals surface area contributed by atoms with Gasteiger partial charge in [0.05, 0.1) is 12.1 Å². The first-order chi connectivity index (χ1) is 15.8. The van der Waals surface area contributed by atoms with Crippen molar-refractivity contribution in [1.82, 2.24) is 4.90 Å². The third-order valence-electron chi connectivity index (χ3n) is 5.06. The Balaban J connectivity index is 1.70. The van der Waals surface area contributed by atoms with Gasteiger partial charge in [-0.1, -0.05) is 41.9 Å². The highest BCUT2D eigenvalue weighted by Crippen LogP contribution is 2.32. The molecule has 2 N–H and O–H groups in total. The largest absolute Gasteiger partial charge is 0.350 e. The lowest BCUT2D eigenvalue weighted by molar-refractivity contribution is -0.137. The van der Waals surface area contributed by atoms with Crippen LogP contribution >= 0.6 is 11.6 Å². The van der Waals surface area contributed by atoms with E-state index >= 15 is 0 Å². The summed E-state index contributed by atoms with van der Waals surface area (Å²) in [4.78, 5) is 39.0. The molecule has 0 spiro atoms. The van der Waals surface area contributed by atoms with Crippen molar-refractivity contribution < 1.29 is 18.8 Å². The molecule has 1 aliphatic rings. The van der Waals surface area contributed by atoms with Gasteiger partial charge in [-0.3, -0.25) is 19.3 Å². The minimum atomic E-state index is -0.523. The maximum Gasteiger partial charge on any atom is 0.278 e. The number of anilines is 2. The first-order valence-electron chi connectivity index (χ1n) is 10.1. The smallest absolute Gasteiger partial charge is 0.278 e. The van der Waals surface area contributed by atoms with Crippen LogP contribution in [0.5, 0.6) is 0 Å². The van der Waals surface area contributed by atoms with Crippen LogP contribution in [0.25, 0.3) is 5.57 Å². The molecule has 0 aliphatic carbocycles. The van der Waals surface area contributed by atoms with Gasteiger partial charge in [-0.2, -0.15) is 0 Å². The van der Waals surface area contributed by atoms with Gasteiger partial charge in [0.2, 0.25) is 5.91 Å². The Bertz CT molecular complexity index is 1270. The Kier molecular flexibility index (Phi) is 6.24. The maximum atomic E-state index is 13.5. The van der Waals surface area contributed by atoms with Gasteiger partial charge in [0.1, 0.15) is 11.5 Å². The molecule has 4 rings (SSSR count). The normalized spacial score (nSPS) is 13.5. The average molecular weight is 464 g/mol. The summed E-state index contributed by atoms with van der Waals surface area (Å²) in [6.07, 6.45) is 0. The highest BCUT2D eigenvalue weighted by Gasteiger charge is 2.39. The SMILES string of the molecule is CC(=O)Nc1ccc(NC2=C(c3ccc(F)cc3)C(=O)N(Cc3ccccc3Cl)C2=O)cc1. The van der Waals surface area contributed by atoms with Gasteiger partial charge >= 0.3 is 0 Å². The summed E-state index contributed by atoms with van der Waals surface area (Å²) >= 11 is 6.24. The second-order valence-electron chi connectivity index (χ2n) is 7.43. The molecule has 3 aromatic carbocycles. The second-order valence-corrected chi connectivity index (χ2v) is 7.84. The van der Waals surface area contributed by atoms with Crippen molar-refractivity contribution in [1.29, 1.82) is 0 Å². The number of hydrogen-bond donors (Lipinski definition) is 2. The van der Waals surface area contributed by atoms with Crippen molar-refractivity contribution in [3.63, 3.8) is 0 Å². The number of rotatable bonds is 6. The van der Waals surface area contributed by atoms with Crippen molar-refractivity contribution in [2.45, 2.75) is 13.5 Å². The predicted octanol–water partition coefficient (Wildman–Crippen LogP) is 4.83. The van der Waals surface area contributed by atoms with Crippen LogP contribution in [0.3, 0.4) is 0 Å². The molecule has 0 saturated carbocycles. The molecule has 3 aromatic rings. The Labute approximate surface area is 194 Å². The van der Waals surface area contributed by atoms with Crippen LogP contribution in [0, 0.1) is 5.82 Å². The van der Waals surface area contributed by atoms with Gasteiger partial charge in [0, 0.05) is 23.3 Å². The van der Waals surface area contributed by atoms with Crippen LogP contribution in [-0.4, -0.2) is 22.6 Å². The molecule has 0 aromatic heterocycles. The molecular weight excluding hydrogens is 445 g/mol. The fourth-order valence-electron chi connectivity index (χ4n) is 3.50. The Hall–Kier alpha value is -3.97. The molecule has 1 heterocycles. The minimum Gasteiger partial charge on any atom is -0.350 e. The lowest BCUT2D eigenvalue weighted by atomic mass is 10.0. The van der Waals surface area contributed by atoms with Crippen molar-refractivity contribution >= 4 is 46.3 Å². The summed E-state index contributed by atoms with van der Waals surface area (Å²) in [5.41, 5.74) is 2.38. The van der Waals surface area contributed by atoms with Crippen LogP contribution < -0.4 is 10.6 Å². The van der Waals surface area contributed by atoms with Gasteiger partial charge in [-0.15, -0.1) is 0 Å². The van der Waals surface area contributed by atoms with Gasteiger partial charge < -0.3 is 10.6 Å².